The van der Waals surface area contributed by atoms with Crippen LogP contribution < -0.4 is 5.32 Å². The first-order valence-electron chi connectivity index (χ1n) is 5.62. The van der Waals surface area contributed by atoms with E-state index < -0.39 is 0 Å². The van der Waals surface area contributed by atoms with Crippen LogP contribution in [0, 0.1) is 0 Å². The van der Waals surface area contributed by atoms with E-state index in [4.69, 9.17) is 4.98 Å². The summed E-state index contributed by atoms with van der Waals surface area (Å²) in [6.07, 6.45) is 6.52. The van der Waals surface area contributed by atoms with Crippen molar-refractivity contribution in [1.29, 1.82) is 0 Å². The molecule has 1 aromatic heterocycles. The first-order chi connectivity index (χ1) is 6.93. The van der Waals surface area contributed by atoms with Crippen LogP contribution in [0.3, 0.4) is 0 Å². The van der Waals surface area contributed by atoms with Crippen molar-refractivity contribution in [3.63, 3.8) is 0 Å². The lowest BCUT2D eigenvalue weighted by Gasteiger charge is -2.06. The van der Waals surface area contributed by atoms with Gasteiger partial charge in [0.25, 0.3) is 0 Å². The lowest BCUT2D eigenvalue weighted by Crippen LogP contribution is -2.07. The van der Waals surface area contributed by atoms with Crippen molar-refractivity contribution in [1.82, 2.24) is 10.3 Å². The highest BCUT2D eigenvalue weighted by molar-refractivity contribution is 7.11. The minimum atomic E-state index is 0.714. The molecule has 0 saturated carbocycles. The van der Waals surface area contributed by atoms with Crippen LogP contribution in [-0.4, -0.2) is 18.1 Å². The van der Waals surface area contributed by atoms with Gasteiger partial charge in [-0.3, -0.25) is 0 Å². The molecule has 2 aliphatic rings. The molecule has 2 nitrogen and oxygen atoms in total. The Hall–Kier alpha value is -0.410. The van der Waals surface area contributed by atoms with E-state index in [0.29, 0.717) is 5.92 Å². The molecule has 0 amide bonds. The molecule has 1 atom stereocenters. The molecule has 0 bridgehead atoms. The van der Waals surface area contributed by atoms with E-state index in [0.717, 1.165) is 6.54 Å². The summed E-state index contributed by atoms with van der Waals surface area (Å²) in [7, 11) is 0. The Kier molecular flexibility index (Phi) is 2.30. The van der Waals surface area contributed by atoms with Crippen LogP contribution in [0.25, 0.3) is 0 Å². The summed E-state index contributed by atoms with van der Waals surface area (Å²) in [5.74, 6) is 0.714. The van der Waals surface area contributed by atoms with Gasteiger partial charge in [0.15, 0.2) is 0 Å². The third-order valence-corrected chi connectivity index (χ3v) is 4.59. The number of nitrogens with zero attached hydrogens (tertiary/aromatic N) is 1. The van der Waals surface area contributed by atoms with Crippen LogP contribution in [-0.2, 0) is 12.8 Å². The van der Waals surface area contributed by atoms with Gasteiger partial charge in [-0.15, -0.1) is 11.3 Å². The van der Waals surface area contributed by atoms with Crippen molar-refractivity contribution in [2.75, 3.05) is 13.1 Å². The molecular formula is C11H16N2S. The van der Waals surface area contributed by atoms with E-state index in [-0.39, 0.29) is 0 Å². The molecule has 76 valence electrons. The molecule has 1 saturated heterocycles. The molecule has 14 heavy (non-hydrogen) atoms. The van der Waals surface area contributed by atoms with Crippen LogP contribution in [0.2, 0.25) is 0 Å². The highest BCUT2D eigenvalue weighted by Gasteiger charge is 2.23. The zero-order valence-corrected chi connectivity index (χ0v) is 9.20. The van der Waals surface area contributed by atoms with Gasteiger partial charge < -0.3 is 5.32 Å². The fraction of sp³-hybridized carbons (Fsp3) is 0.727. The molecule has 1 aromatic rings. The van der Waals surface area contributed by atoms with Crippen molar-refractivity contribution in [2.45, 2.75) is 38.0 Å². The summed E-state index contributed by atoms with van der Waals surface area (Å²) in [4.78, 5) is 6.39. The third kappa shape index (κ3) is 1.48. The number of fused-ring (bicyclic) bond motifs is 1. The van der Waals surface area contributed by atoms with Gasteiger partial charge in [-0.2, -0.15) is 0 Å². The molecule has 3 rings (SSSR count). The van der Waals surface area contributed by atoms with Gasteiger partial charge in [-0.1, -0.05) is 0 Å². The summed E-state index contributed by atoms with van der Waals surface area (Å²) in [6, 6.07) is 0. The molecular weight excluding hydrogens is 192 g/mol. The standard InChI is InChI=1S/C11H16N2S/c1-2-4-10-9(3-1)13-11(14-10)8-5-6-12-7-8/h8,12H,1-7H2. The van der Waals surface area contributed by atoms with Gasteiger partial charge in [0.2, 0.25) is 0 Å². The van der Waals surface area contributed by atoms with Crippen LogP contribution in [0.15, 0.2) is 0 Å². The Morgan fingerprint density at radius 1 is 1.29 bits per heavy atom. The lowest BCUT2D eigenvalue weighted by molar-refractivity contribution is 0.674. The maximum Gasteiger partial charge on any atom is 0.0975 e. The van der Waals surface area contributed by atoms with E-state index in [1.807, 2.05) is 11.3 Å². The predicted molar refractivity (Wildman–Crippen MR) is 59.0 cm³/mol. The number of thiazole rings is 1. The molecule has 1 aliphatic heterocycles. The third-order valence-electron chi connectivity index (χ3n) is 3.27. The van der Waals surface area contributed by atoms with Crippen LogP contribution in [0.4, 0.5) is 0 Å². The lowest BCUT2D eigenvalue weighted by atomic mass is 10.0. The Bertz CT molecular complexity index is 303. The molecule has 3 heteroatoms. The number of nitrogens with one attached hydrogen (secondary N) is 1. The molecule has 2 heterocycles. The van der Waals surface area contributed by atoms with Crippen molar-refractivity contribution in [3.05, 3.63) is 15.6 Å². The number of aryl methyl sites for hydroxylation is 2. The molecule has 1 unspecified atom stereocenters. The van der Waals surface area contributed by atoms with Crippen molar-refractivity contribution >= 4 is 11.3 Å². The van der Waals surface area contributed by atoms with Crippen molar-refractivity contribution in [2.24, 2.45) is 0 Å². The van der Waals surface area contributed by atoms with Gasteiger partial charge >= 0.3 is 0 Å². The second kappa shape index (κ2) is 3.63. The number of hydrogen-bond donors (Lipinski definition) is 1. The highest BCUT2D eigenvalue weighted by Crippen LogP contribution is 2.32. The van der Waals surface area contributed by atoms with E-state index in [1.54, 1.807) is 4.88 Å². The van der Waals surface area contributed by atoms with Gasteiger partial charge in [0, 0.05) is 17.3 Å². The highest BCUT2D eigenvalue weighted by atomic mass is 32.1. The Labute approximate surface area is 88.7 Å². The maximum absolute atomic E-state index is 4.81. The fourth-order valence-electron chi connectivity index (χ4n) is 2.41. The van der Waals surface area contributed by atoms with Crippen molar-refractivity contribution < 1.29 is 0 Å². The molecule has 1 aliphatic carbocycles. The normalized spacial score (nSPS) is 26.4. The smallest absolute Gasteiger partial charge is 0.0975 e. The van der Waals surface area contributed by atoms with Gasteiger partial charge in [-0.25, -0.2) is 4.98 Å². The van der Waals surface area contributed by atoms with Crippen molar-refractivity contribution in [3.8, 4) is 0 Å². The Balaban J connectivity index is 1.87. The average molecular weight is 208 g/mol. The molecule has 1 N–H and O–H groups in total. The second-order valence-corrected chi connectivity index (χ2v) is 5.43. The topological polar surface area (TPSA) is 24.9 Å². The first-order valence-corrected chi connectivity index (χ1v) is 6.44. The van der Waals surface area contributed by atoms with Crippen LogP contribution in [0.5, 0.6) is 0 Å². The maximum atomic E-state index is 4.81. The largest absolute Gasteiger partial charge is 0.316 e. The van der Waals surface area contributed by atoms with E-state index in [1.165, 1.54) is 49.4 Å². The fourth-order valence-corrected chi connectivity index (χ4v) is 3.70. The zero-order valence-electron chi connectivity index (χ0n) is 8.38. The SMILES string of the molecule is C1CCc2sc(C3CCNC3)nc2C1. The summed E-state index contributed by atoms with van der Waals surface area (Å²) >= 11 is 1.98. The molecule has 0 spiro atoms. The van der Waals surface area contributed by atoms with E-state index >= 15 is 0 Å². The minimum absolute atomic E-state index is 0.714. The van der Waals surface area contributed by atoms with E-state index in [9.17, 15) is 0 Å². The van der Waals surface area contributed by atoms with Gasteiger partial charge in [-0.05, 0) is 38.6 Å². The van der Waals surface area contributed by atoms with E-state index in [2.05, 4.69) is 5.32 Å². The molecule has 1 fully saturated rings. The van der Waals surface area contributed by atoms with Crippen LogP contribution in [0.1, 0.15) is 40.8 Å². The minimum Gasteiger partial charge on any atom is -0.316 e. The summed E-state index contributed by atoms with van der Waals surface area (Å²) in [5.41, 5.74) is 1.42. The zero-order chi connectivity index (χ0) is 9.38. The number of hydrogen-bond acceptors (Lipinski definition) is 3. The number of aromatic nitrogens is 1. The quantitative estimate of drug-likeness (QED) is 0.764. The first kappa shape index (κ1) is 8.86. The average Bonchev–Trinajstić information content (AvgIpc) is 2.86. The Morgan fingerprint density at radius 3 is 3.00 bits per heavy atom. The summed E-state index contributed by atoms with van der Waals surface area (Å²) in [6.45, 7) is 2.32. The number of rotatable bonds is 1. The Morgan fingerprint density at radius 2 is 2.21 bits per heavy atom. The summed E-state index contributed by atoms with van der Waals surface area (Å²) < 4.78 is 0. The van der Waals surface area contributed by atoms with Gasteiger partial charge in [0.05, 0.1) is 10.7 Å². The molecule has 0 aromatic carbocycles. The second-order valence-electron chi connectivity index (χ2n) is 4.32. The summed E-state index contributed by atoms with van der Waals surface area (Å²) in [5, 5.41) is 4.82. The van der Waals surface area contributed by atoms with Gasteiger partial charge in [0.1, 0.15) is 0 Å². The van der Waals surface area contributed by atoms with Crippen LogP contribution >= 0.6 is 11.3 Å². The molecule has 0 radical (unpaired) electrons. The predicted octanol–water partition coefficient (Wildman–Crippen LogP) is 2.10. The monoisotopic (exact) mass is 208 g/mol.